The van der Waals surface area contributed by atoms with Gasteiger partial charge in [-0.2, -0.15) is 0 Å². The highest BCUT2D eigenvalue weighted by Gasteiger charge is 2.17. The van der Waals surface area contributed by atoms with Crippen LogP contribution in [0.2, 0.25) is 0 Å². The summed E-state index contributed by atoms with van der Waals surface area (Å²) >= 11 is 1.39. The second-order valence-corrected chi connectivity index (χ2v) is 5.63. The van der Waals surface area contributed by atoms with Gasteiger partial charge in [-0.3, -0.25) is 9.59 Å². The summed E-state index contributed by atoms with van der Waals surface area (Å²) < 4.78 is 0. The number of nitrogens with zero attached hydrogens (tertiary/aromatic N) is 3. The number of amides is 2. The Morgan fingerprint density at radius 2 is 1.83 bits per heavy atom. The molecule has 0 aliphatic heterocycles. The number of carbonyl (C=O) groups is 2. The van der Waals surface area contributed by atoms with Crippen LogP contribution in [0.1, 0.15) is 26.8 Å². The van der Waals surface area contributed by atoms with Crippen molar-refractivity contribution in [2.45, 2.75) is 20.3 Å². The fourth-order valence-electron chi connectivity index (χ4n) is 1.32. The minimum absolute atomic E-state index is 0.0150. The zero-order chi connectivity index (χ0) is 13.9. The first kappa shape index (κ1) is 14.6. The van der Waals surface area contributed by atoms with E-state index in [2.05, 4.69) is 4.98 Å². The summed E-state index contributed by atoms with van der Waals surface area (Å²) in [7, 11) is 5.10. The van der Waals surface area contributed by atoms with Gasteiger partial charge in [0.2, 0.25) is 5.91 Å². The Hall–Kier alpha value is -1.43. The topological polar surface area (TPSA) is 53.5 Å². The minimum atomic E-state index is -0.122. The molecule has 0 bridgehead atoms. The highest BCUT2D eigenvalue weighted by atomic mass is 32.1. The van der Waals surface area contributed by atoms with Crippen LogP contribution < -0.4 is 0 Å². The Bertz CT molecular complexity index is 435. The molecule has 1 aromatic rings. The maximum Gasteiger partial charge on any atom is 0.282 e. The van der Waals surface area contributed by atoms with E-state index in [0.717, 1.165) is 10.6 Å². The van der Waals surface area contributed by atoms with Gasteiger partial charge >= 0.3 is 0 Å². The molecular formula is C12H19N3O2S. The van der Waals surface area contributed by atoms with E-state index in [1.165, 1.54) is 16.2 Å². The lowest BCUT2D eigenvalue weighted by Crippen LogP contribution is -2.32. The van der Waals surface area contributed by atoms with Crippen LogP contribution in [-0.4, -0.2) is 54.3 Å². The molecule has 1 rings (SSSR count). The fraction of sp³-hybridized carbons (Fsp3) is 0.583. The lowest BCUT2D eigenvalue weighted by Gasteiger charge is -2.17. The molecule has 0 radical (unpaired) electrons. The van der Waals surface area contributed by atoms with Crippen LogP contribution >= 0.6 is 11.3 Å². The van der Waals surface area contributed by atoms with Gasteiger partial charge in [-0.05, 0) is 13.8 Å². The Labute approximate surface area is 111 Å². The van der Waals surface area contributed by atoms with Crippen LogP contribution in [-0.2, 0) is 4.79 Å². The van der Waals surface area contributed by atoms with Crippen molar-refractivity contribution in [3.8, 4) is 0 Å². The first-order chi connectivity index (χ1) is 8.32. The first-order valence-corrected chi connectivity index (χ1v) is 6.54. The number of thiazole rings is 1. The molecular weight excluding hydrogens is 250 g/mol. The van der Waals surface area contributed by atoms with E-state index in [0.29, 0.717) is 18.0 Å². The summed E-state index contributed by atoms with van der Waals surface area (Å²) in [6.07, 6.45) is 0.332. The maximum atomic E-state index is 12.0. The smallest absolute Gasteiger partial charge is 0.282 e. The third-order valence-electron chi connectivity index (χ3n) is 2.72. The van der Waals surface area contributed by atoms with Gasteiger partial charge < -0.3 is 9.80 Å². The molecule has 1 heterocycles. The lowest BCUT2D eigenvalue weighted by atomic mass is 10.3. The van der Waals surface area contributed by atoms with Crippen LogP contribution in [0.15, 0.2) is 0 Å². The number of carbonyl (C=O) groups excluding carboxylic acids is 2. The molecule has 0 aliphatic rings. The SMILES string of the molecule is Cc1nc(C(=O)N(C)CCC(=O)N(C)C)sc1C. The first-order valence-electron chi connectivity index (χ1n) is 5.72. The van der Waals surface area contributed by atoms with Crippen molar-refractivity contribution in [3.63, 3.8) is 0 Å². The zero-order valence-corrected chi connectivity index (χ0v) is 12.3. The number of hydrogen-bond acceptors (Lipinski definition) is 4. The molecule has 0 saturated carbocycles. The van der Waals surface area contributed by atoms with E-state index in [-0.39, 0.29) is 11.8 Å². The molecule has 0 fully saturated rings. The fourth-order valence-corrected chi connectivity index (χ4v) is 2.23. The molecule has 0 aliphatic carbocycles. The average molecular weight is 269 g/mol. The molecule has 100 valence electrons. The summed E-state index contributed by atoms with van der Waals surface area (Å²) in [5, 5.41) is 0.491. The zero-order valence-electron chi connectivity index (χ0n) is 11.5. The molecule has 2 amide bonds. The van der Waals surface area contributed by atoms with Gasteiger partial charge in [0.1, 0.15) is 0 Å². The standard InChI is InChI=1S/C12H19N3O2S/c1-8-9(2)18-11(13-8)12(17)15(5)7-6-10(16)14(3)4/h6-7H2,1-5H3. The van der Waals surface area contributed by atoms with Crippen LogP contribution in [0.25, 0.3) is 0 Å². The predicted molar refractivity (Wildman–Crippen MR) is 71.9 cm³/mol. The summed E-state index contributed by atoms with van der Waals surface area (Å²) in [4.78, 5) is 31.8. The number of aromatic nitrogens is 1. The van der Waals surface area contributed by atoms with Crippen molar-refractivity contribution in [3.05, 3.63) is 15.6 Å². The van der Waals surface area contributed by atoms with Gasteiger partial charge in [-0.1, -0.05) is 0 Å². The van der Waals surface area contributed by atoms with E-state index in [1.807, 2.05) is 13.8 Å². The van der Waals surface area contributed by atoms with Gasteiger partial charge in [0.15, 0.2) is 5.01 Å². The monoisotopic (exact) mass is 269 g/mol. The molecule has 0 unspecified atom stereocenters. The average Bonchev–Trinajstić information content (AvgIpc) is 2.64. The van der Waals surface area contributed by atoms with E-state index in [9.17, 15) is 9.59 Å². The van der Waals surface area contributed by atoms with E-state index in [4.69, 9.17) is 0 Å². The van der Waals surface area contributed by atoms with Crippen molar-refractivity contribution < 1.29 is 9.59 Å². The quantitative estimate of drug-likeness (QED) is 0.828. The molecule has 5 nitrogen and oxygen atoms in total. The van der Waals surface area contributed by atoms with E-state index in [1.54, 1.807) is 26.0 Å². The second-order valence-electron chi connectivity index (χ2n) is 4.43. The Morgan fingerprint density at radius 1 is 1.22 bits per heavy atom. The summed E-state index contributed by atoms with van der Waals surface area (Å²) in [6, 6.07) is 0. The molecule has 6 heteroatoms. The molecule has 0 spiro atoms. The van der Waals surface area contributed by atoms with Gasteiger partial charge in [-0.25, -0.2) is 4.98 Å². The molecule has 1 aromatic heterocycles. The van der Waals surface area contributed by atoms with Crippen LogP contribution in [0, 0.1) is 13.8 Å². The summed E-state index contributed by atoms with van der Waals surface area (Å²) in [6.45, 7) is 4.24. The Morgan fingerprint density at radius 3 is 2.28 bits per heavy atom. The lowest BCUT2D eigenvalue weighted by molar-refractivity contribution is -0.128. The normalized spacial score (nSPS) is 10.3. The van der Waals surface area contributed by atoms with Gasteiger partial charge in [0.05, 0.1) is 5.69 Å². The molecule has 0 N–H and O–H groups in total. The molecule has 0 atom stereocenters. The van der Waals surface area contributed by atoms with E-state index >= 15 is 0 Å². The summed E-state index contributed by atoms with van der Waals surface area (Å²) in [5.74, 6) is -0.107. The van der Waals surface area contributed by atoms with Crippen LogP contribution in [0.5, 0.6) is 0 Å². The van der Waals surface area contributed by atoms with Gasteiger partial charge in [0.25, 0.3) is 5.91 Å². The number of aryl methyl sites for hydroxylation is 2. The maximum absolute atomic E-state index is 12.0. The highest BCUT2D eigenvalue weighted by Crippen LogP contribution is 2.17. The van der Waals surface area contributed by atoms with Crippen LogP contribution in [0.3, 0.4) is 0 Å². The molecule has 0 saturated heterocycles. The van der Waals surface area contributed by atoms with Crippen molar-refractivity contribution in [2.75, 3.05) is 27.7 Å². The predicted octanol–water partition coefficient (Wildman–Crippen LogP) is 1.31. The van der Waals surface area contributed by atoms with Crippen molar-refractivity contribution in [2.24, 2.45) is 0 Å². The largest absolute Gasteiger partial charge is 0.349 e. The molecule has 0 aromatic carbocycles. The Kier molecular flexibility index (Phi) is 4.84. The van der Waals surface area contributed by atoms with Gasteiger partial charge in [0, 0.05) is 39.0 Å². The number of rotatable bonds is 4. The van der Waals surface area contributed by atoms with Gasteiger partial charge in [-0.15, -0.1) is 11.3 Å². The third kappa shape index (κ3) is 3.53. The third-order valence-corrected chi connectivity index (χ3v) is 3.78. The van der Waals surface area contributed by atoms with E-state index < -0.39 is 0 Å². The Balaban J connectivity index is 2.59. The molecule has 18 heavy (non-hydrogen) atoms. The summed E-state index contributed by atoms with van der Waals surface area (Å²) in [5.41, 5.74) is 0.890. The van der Waals surface area contributed by atoms with Crippen LogP contribution in [0.4, 0.5) is 0 Å². The van der Waals surface area contributed by atoms with Crippen molar-refractivity contribution >= 4 is 23.2 Å². The minimum Gasteiger partial charge on any atom is -0.349 e. The van der Waals surface area contributed by atoms with Crippen molar-refractivity contribution in [1.29, 1.82) is 0 Å². The highest BCUT2D eigenvalue weighted by molar-refractivity contribution is 7.13. The number of hydrogen-bond donors (Lipinski definition) is 0. The second kappa shape index (κ2) is 5.95. The van der Waals surface area contributed by atoms with Crippen molar-refractivity contribution in [1.82, 2.24) is 14.8 Å².